The first-order valence-electron chi connectivity index (χ1n) is 7.28. The fourth-order valence-corrected chi connectivity index (χ4v) is 2.37. The Balaban J connectivity index is 1.93. The summed E-state index contributed by atoms with van der Waals surface area (Å²) in [5, 5.41) is 14.0. The number of anilines is 1. The lowest BCUT2D eigenvalue weighted by atomic mass is 9.98. The van der Waals surface area contributed by atoms with Crippen LogP contribution in [0.15, 0.2) is 72.9 Å². The molecule has 5 heteroatoms. The zero-order valence-electron chi connectivity index (χ0n) is 12.6. The first-order chi connectivity index (χ1) is 11.6. The van der Waals surface area contributed by atoms with Crippen LogP contribution < -0.4 is 10.4 Å². The van der Waals surface area contributed by atoms with E-state index in [9.17, 15) is 14.7 Å². The van der Waals surface area contributed by atoms with Gasteiger partial charge in [-0.3, -0.25) is 4.79 Å². The molecule has 0 unspecified atom stereocenters. The third-order valence-electron chi connectivity index (χ3n) is 3.49. The number of nitrogens with zero attached hydrogens (tertiary/aromatic N) is 1. The van der Waals surface area contributed by atoms with Gasteiger partial charge in [-0.05, 0) is 35.4 Å². The zero-order chi connectivity index (χ0) is 16.9. The summed E-state index contributed by atoms with van der Waals surface area (Å²) < 4.78 is 0. The number of benzene rings is 2. The molecule has 1 N–H and O–H groups in total. The summed E-state index contributed by atoms with van der Waals surface area (Å²) in [4.78, 5) is 27.6. The molecular formula is C19H13N2O3-. The van der Waals surface area contributed by atoms with E-state index in [0.717, 1.165) is 0 Å². The summed E-state index contributed by atoms with van der Waals surface area (Å²) in [6.07, 6.45) is 1.59. The third kappa shape index (κ3) is 3.30. The van der Waals surface area contributed by atoms with Crippen LogP contribution in [0.5, 0.6) is 0 Å². The predicted octanol–water partition coefficient (Wildman–Crippen LogP) is 2.36. The molecule has 5 nitrogen and oxygen atoms in total. The van der Waals surface area contributed by atoms with Crippen LogP contribution in [0.25, 0.3) is 11.1 Å². The van der Waals surface area contributed by atoms with E-state index < -0.39 is 5.97 Å². The Morgan fingerprint density at radius 3 is 2.46 bits per heavy atom. The van der Waals surface area contributed by atoms with E-state index in [0.29, 0.717) is 22.5 Å². The van der Waals surface area contributed by atoms with E-state index in [1.54, 1.807) is 66.9 Å². The number of amides is 1. The highest BCUT2D eigenvalue weighted by Crippen LogP contribution is 2.24. The Kier molecular flexibility index (Phi) is 4.34. The number of carboxylic acids is 1. The molecule has 0 spiro atoms. The number of pyridine rings is 1. The van der Waals surface area contributed by atoms with Crippen LogP contribution in [-0.2, 0) is 0 Å². The number of nitrogens with one attached hydrogen (secondary N) is 1. The molecule has 0 saturated heterocycles. The molecule has 0 aliphatic heterocycles. The first-order valence-corrected chi connectivity index (χ1v) is 7.28. The van der Waals surface area contributed by atoms with Gasteiger partial charge in [0, 0.05) is 17.3 Å². The summed E-state index contributed by atoms with van der Waals surface area (Å²) >= 11 is 0. The van der Waals surface area contributed by atoms with Crippen molar-refractivity contribution in [3.8, 4) is 11.1 Å². The Morgan fingerprint density at radius 2 is 1.71 bits per heavy atom. The molecule has 118 valence electrons. The number of carbonyl (C=O) groups is 2. The highest BCUT2D eigenvalue weighted by atomic mass is 16.4. The van der Waals surface area contributed by atoms with Crippen molar-refractivity contribution in [3.63, 3.8) is 0 Å². The van der Waals surface area contributed by atoms with Crippen LogP contribution >= 0.6 is 0 Å². The van der Waals surface area contributed by atoms with Crippen LogP contribution in [-0.4, -0.2) is 16.9 Å². The Bertz CT molecular complexity index is 892. The van der Waals surface area contributed by atoms with Crippen molar-refractivity contribution >= 4 is 17.7 Å². The topological polar surface area (TPSA) is 82.1 Å². The van der Waals surface area contributed by atoms with Crippen LogP contribution in [0.3, 0.4) is 0 Å². The average molecular weight is 317 g/mol. The molecule has 0 aliphatic carbocycles. The van der Waals surface area contributed by atoms with Gasteiger partial charge in [-0.25, -0.2) is 4.98 Å². The fraction of sp³-hybridized carbons (Fsp3) is 0. The molecule has 3 aromatic rings. The largest absolute Gasteiger partial charge is 0.545 e. The van der Waals surface area contributed by atoms with Gasteiger partial charge in [-0.1, -0.05) is 42.5 Å². The summed E-state index contributed by atoms with van der Waals surface area (Å²) in [6.45, 7) is 0. The minimum Gasteiger partial charge on any atom is -0.545 e. The second-order valence-corrected chi connectivity index (χ2v) is 5.08. The molecule has 24 heavy (non-hydrogen) atoms. The Morgan fingerprint density at radius 1 is 0.917 bits per heavy atom. The molecule has 1 aromatic heterocycles. The predicted molar refractivity (Wildman–Crippen MR) is 88.4 cm³/mol. The van der Waals surface area contributed by atoms with Crippen molar-refractivity contribution < 1.29 is 14.7 Å². The van der Waals surface area contributed by atoms with Gasteiger partial charge in [0.1, 0.15) is 5.82 Å². The van der Waals surface area contributed by atoms with Gasteiger partial charge in [-0.15, -0.1) is 0 Å². The number of hydrogen-bond donors (Lipinski definition) is 1. The van der Waals surface area contributed by atoms with Gasteiger partial charge in [0.25, 0.3) is 5.91 Å². The van der Waals surface area contributed by atoms with Crippen molar-refractivity contribution in [2.45, 2.75) is 0 Å². The summed E-state index contributed by atoms with van der Waals surface area (Å²) in [7, 11) is 0. The number of aromatic nitrogens is 1. The molecule has 2 aromatic carbocycles. The number of carbonyl (C=O) groups excluding carboxylic acids is 2. The van der Waals surface area contributed by atoms with E-state index in [2.05, 4.69) is 10.3 Å². The lowest BCUT2D eigenvalue weighted by Crippen LogP contribution is -2.23. The lowest BCUT2D eigenvalue weighted by molar-refractivity contribution is -0.254. The van der Waals surface area contributed by atoms with Gasteiger partial charge in [0.05, 0.1) is 5.97 Å². The average Bonchev–Trinajstić information content (AvgIpc) is 2.62. The summed E-state index contributed by atoms with van der Waals surface area (Å²) in [5.41, 5.74) is 1.62. The highest BCUT2D eigenvalue weighted by Gasteiger charge is 2.10. The number of carboxylic acid groups (broad SMARTS) is 1. The van der Waals surface area contributed by atoms with E-state index in [-0.39, 0.29) is 11.5 Å². The molecular weight excluding hydrogens is 304 g/mol. The fourth-order valence-electron chi connectivity index (χ4n) is 2.37. The lowest BCUT2D eigenvalue weighted by Gasteiger charge is -2.11. The molecule has 0 bridgehead atoms. The molecule has 0 aliphatic rings. The van der Waals surface area contributed by atoms with Gasteiger partial charge in [0.2, 0.25) is 0 Å². The molecule has 0 fully saturated rings. The van der Waals surface area contributed by atoms with Crippen LogP contribution in [0, 0.1) is 0 Å². The zero-order valence-corrected chi connectivity index (χ0v) is 12.6. The number of hydrogen-bond acceptors (Lipinski definition) is 4. The quantitative estimate of drug-likeness (QED) is 0.801. The number of rotatable bonds is 4. The van der Waals surface area contributed by atoms with E-state index >= 15 is 0 Å². The molecule has 0 atom stereocenters. The maximum atomic E-state index is 12.3. The normalized spacial score (nSPS) is 10.2. The van der Waals surface area contributed by atoms with Gasteiger partial charge in [-0.2, -0.15) is 0 Å². The van der Waals surface area contributed by atoms with E-state index in [1.165, 1.54) is 6.07 Å². The molecule has 1 heterocycles. The maximum Gasteiger partial charge on any atom is 0.256 e. The van der Waals surface area contributed by atoms with Gasteiger partial charge >= 0.3 is 0 Å². The van der Waals surface area contributed by atoms with Crippen LogP contribution in [0.4, 0.5) is 5.82 Å². The maximum absolute atomic E-state index is 12.3. The van der Waals surface area contributed by atoms with Gasteiger partial charge in [0.15, 0.2) is 0 Å². The van der Waals surface area contributed by atoms with Crippen molar-refractivity contribution in [2.75, 3.05) is 5.32 Å². The van der Waals surface area contributed by atoms with Crippen molar-refractivity contribution in [1.82, 2.24) is 4.98 Å². The minimum atomic E-state index is -1.26. The van der Waals surface area contributed by atoms with Crippen LogP contribution in [0.2, 0.25) is 0 Å². The SMILES string of the molecule is O=C(Nc1ccccn1)c1cccc(-c2ccccc2C(=O)[O-])c1. The summed E-state index contributed by atoms with van der Waals surface area (Å²) in [5.74, 6) is -1.13. The monoisotopic (exact) mass is 317 g/mol. The molecule has 0 saturated carbocycles. The Hall–Kier alpha value is -3.47. The minimum absolute atomic E-state index is 0.0831. The molecule has 0 radical (unpaired) electrons. The van der Waals surface area contributed by atoms with E-state index in [4.69, 9.17) is 0 Å². The number of aromatic carboxylic acids is 1. The van der Waals surface area contributed by atoms with Crippen molar-refractivity contribution in [2.24, 2.45) is 0 Å². The molecule has 3 rings (SSSR count). The van der Waals surface area contributed by atoms with Crippen molar-refractivity contribution in [1.29, 1.82) is 0 Å². The Labute approximate surface area is 138 Å². The second-order valence-electron chi connectivity index (χ2n) is 5.08. The molecule has 1 amide bonds. The smallest absolute Gasteiger partial charge is 0.256 e. The van der Waals surface area contributed by atoms with Gasteiger partial charge < -0.3 is 15.2 Å². The van der Waals surface area contributed by atoms with Crippen LogP contribution in [0.1, 0.15) is 20.7 Å². The second kappa shape index (κ2) is 6.75. The summed E-state index contributed by atoms with van der Waals surface area (Å²) in [6, 6.07) is 18.5. The third-order valence-corrected chi connectivity index (χ3v) is 3.49. The standard InChI is InChI=1S/C19H14N2O3/c22-18(21-17-10-3-4-11-20-17)14-7-5-6-13(12-14)15-8-1-2-9-16(15)19(23)24/h1-12H,(H,23,24)(H,20,21,22)/p-1. The first kappa shape index (κ1) is 15.4. The highest BCUT2D eigenvalue weighted by molar-refractivity contribution is 6.05. The van der Waals surface area contributed by atoms with Crippen molar-refractivity contribution in [3.05, 3.63) is 84.1 Å². The van der Waals surface area contributed by atoms with E-state index in [1.807, 2.05) is 0 Å².